The van der Waals surface area contributed by atoms with E-state index in [1.165, 1.54) is 16.0 Å². The molecule has 1 atom stereocenters. The molecule has 1 saturated heterocycles. The van der Waals surface area contributed by atoms with Crippen molar-refractivity contribution >= 4 is 23.4 Å². The molecule has 5 nitrogen and oxygen atoms in total. The van der Waals surface area contributed by atoms with E-state index in [4.69, 9.17) is 5.73 Å². The molecule has 0 bridgehead atoms. The number of nitrogens with two attached hydrogens (primary N) is 1. The van der Waals surface area contributed by atoms with Crippen LogP contribution in [0.25, 0.3) is 0 Å². The normalized spacial score (nSPS) is 17.9. The topological polar surface area (TPSA) is 80.5 Å². The summed E-state index contributed by atoms with van der Waals surface area (Å²) in [6.45, 7) is 0. The van der Waals surface area contributed by atoms with Crippen molar-refractivity contribution in [2.24, 2.45) is 11.7 Å². The van der Waals surface area contributed by atoms with E-state index in [2.05, 4.69) is 12.1 Å². The minimum atomic E-state index is -0.310. The first-order valence-corrected chi connectivity index (χ1v) is 11.0. The summed E-state index contributed by atoms with van der Waals surface area (Å²) in [6, 6.07) is 18.0. The summed E-state index contributed by atoms with van der Waals surface area (Å²) in [7, 11) is 0. The second-order valence-electron chi connectivity index (χ2n) is 8.46. The number of carbonyl (C=O) groups excluding carboxylic acids is 3. The number of carbonyl (C=O) groups is 3. The average Bonchev–Trinajstić information content (AvgIpc) is 3.12. The zero-order chi connectivity index (χ0) is 21.8. The fraction of sp³-hybridized carbons (Fsp3) is 0.346. The Morgan fingerprint density at radius 1 is 0.839 bits per heavy atom. The van der Waals surface area contributed by atoms with Crippen molar-refractivity contribution in [3.8, 4) is 0 Å². The molecular weight excluding hydrogens is 388 g/mol. The van der Waals surface area contributed by atoms with Crippen LogP contribution in [-0.4, -0.2) is 17.7 Å². The Morgan fingerprint density at radius 3 is 2.19 bits per heavy atom. The van der Waals surface area contributed by atoms with E-state index in [1.807, 2.05) is 42.5 Å². The van der Waals surface area contributed by atoms with Gasteiger partial charge in [0.25, 0.3) is 0 Å². The van der Waals surface area contributed by atoms with E-state index in [9.17, 15) is 14.4 Å². The maximum Gasteiger partial charge on any atom is 0.244 e. The standard InChI is InChI=1S/C26H28N2O3/c27-26(31)23-12-5-4-11-22(23)20(15-18-7-2-1-3-8-18)16-19-9-6-10-21(17-19)28-24(29)13-14-25(28)30/h1-3,6-10,17,20H,4-5,11-16H2,(H2,27,31). The van der Waals surface area contributed by atoms with Gasteiger partial charge in [-0.3, -0.25) is 19.3 Å². The van der Waals surface area contributed by atoms with Crippen molar-refractivity contribution in [2.75, 3.05) is 4.90 Å². The predicted octanol–water partition coefficient (Wildman–Crippen LogP) is 4.10. The molecule has 3 amide bonds. The molecule has 0 radical (unpaired) electrons. The van der Waals surface area contributed by atoms with Crippen molar-refractivity contribution in [1.29, 1.82) is 0 Å². The Hall–Kier alpha value is -3.21. The monoisotopic (exact) mass is 416 g/mol. The number of benzene rings is 2. The van der Waals surface area contributed by atoms with Crippen LogP contribution in [0.4, 0.5) is 5.69 Å². The van der Waals surface area contributed by atoms with E-state index >= 15 is 0 Å². The molecule has 5 heteroatoms. The summed E-state index contributed by atoms with van der Waals surface area (Å²) in [6.07, 6.45) is 5.78. The Kier molecular flexibility index (Phi) is 6.31. The minimum absolute atomic E-state index is 0.144. The fourth-order valence-corrected chi connectivity index (χ4v) is 4.85. The van der Waals surface area contributed by atoms with E-state index in [0.29, 0.717) is 5.69 Å². The largest absolute Gasteiger partial charge is 0.366 e. The lowest BCUT2D eigenvalue weighted by Gasteiger charge is -2.27. The van der Waals surface area contributed by atoms with Gasteiger partial charge in [-0.05, 0) is 67.7 Å². The molecular formula is C26H28N2O3. The van der Waals surface area contributed by atoms with Gasteiger partial charge in [-0.1, -0.05) is 48.0 Å². The predicted molar refractivity (Wildman–Crippen MR) is 120 cm³/mol. The molecule has 1 fully saturated rings. The highest BCUT2D eigenvalue weighted by Crippen LogP contribution is 2.34. The number of nitrogens with zero attached hydrogens (tertiary/aromatic N) is 1. The molecule has 2 N–H and O–H groups in total. The third-order valence-corrected chi connectivity index (χ3v) is 6.33. The van der Waals surface area contributed by atoms with Crippen LogP contribution in [-0.2, 0) is 27.2 Å². The van der Waals surface area contributed by atoms with E-state index in [0.717, 1.165) is 49.7 Å². The highest BCUT2D eigenvalue weighted by atomic mass is 16.2. The average molecular weight is 417 g/mol. The van der Waals surface area contributed by atoms with Gasteiger partial charge < -0.3 is 5.73 Å². The molecule has 4 rings (SSSR count). The summed E-state index contributed by atoms with van der Waals surface area (Å²) < 4.78 is 0. The first-order chi connectivity index (χ1) is 15.0. The maximum absolute atomic E-state index is 12.2. The Morgan fingerprint density at radius 2 is 1.48 bits per heavy atom. The number of allylic oxidation sites excluding steroid dienone is 1. The Labute approximate surface area is 182 Å². The number of anilines is 1. The molecule has 1 unspecified atom stereocenters. The van der Waals surface area contributed by atoms with Gasteiger partial charge in [-0.25, -0.2) is 0 Å². The van der Waals surface area contributed by atoms with Gasteiger partial charge in [0.2, 0.25) is 17.7 Å². The van der Waals surface area contributed by atoms with Gasteiger partial charge in [0, 0.05) is 18.4 Å². The van der Waals surface area contributed by atoms with Crippen LogP contribution >= 0.6 is 0 Å². The zero-order valence-electron chi connectivity index (χ0n) is 17.7. The summed E-state index contributed by atoms with van der Waals surface area (Å²) in [5, 5.41) is 0. The molecule has 2 aromatic rings. The first kappa shape index (κ1) is 21.0. The molecule has 0 aromatic heterocycles. The molecule has 0 spiro atoms. The number of primary amides is 1. The smallest absolute Gasteiger partial charge is 0.244 e. The Balaban J connectivity index is 1.66. The van der Waals surface area contributed by atoms with Crippen LogP contribution in [0.15, 0.2) is 65.7 Å². The summed E-state index contributed by atoms with van der Waals surface area (Å²) in [5.74, 6) is -0.455. The van der Waals surface area contributed by atoms with Crippen molar-refractivity contribution in [3.63, 3.8) is 0 Å². The van der Waals surface area contributed by atoms with Crippen LogP contribution in [0.3, 0.4) is 0 Å². The summed E-state index contributed by atoms with van der Waals surface area (Å²) in [5.41, 5.74) is 10.6. The summed E-state index contributed by atoms with van der Waals surface area (Å²) in [4.78, 5) is 37.8. The molecule has 1 heterocycles. The molecule has 1 aliphatic carbocycles. The van der Waals surface area contributed by atoms with E-state index in [1.54, 1.807) is 0 Å². The van der Waals surface area contributed by atoms with E-state index in [-0.39, 0.29) is 36.5 Å². The second kappa shape index (κ2) is 9.29. The maximum atomic E-state index is 12.2. The van der Waals surface area contributed by atoms with Crippen molar-refractivity contribution in [3.05, 3.63) is 76.9 Å². The third-order valence-electron chi connectivity index (χ3n) is 6.33. The molecule has 1 aliphatic heterocycles. The quantitative estimate of drug-likeness (QED) is 0.690. The van der Waals surface area contributed by atoms with E-state index < -0.39 is 0 Å². The fourth-order valence-electron chi connectivity index (χ4n) is 4.85. The van der Waals surface area contributed by atoms with Crippen LogP contribution in [0.2, 0.25) is 0 Å². The first-order valence-electron chi connectivity index (χ1n) is 11.0. The lowest BCUT2D eigenvalue weighted by Crippen LogP contribution is -2.28. The van der Waals surface area contributed by atoms with Crippen molar-refractivity contribution in [1.82, 2.24) is 0 Å². The number of imide groups is 1. The van der Waals surface area contributed by atoms with Crippen LogP contribution in [0.1, 0.15) is 49.7 Å². The highest BCUT2D eigenvalue weighted by Gasteiger charge is 2.30. The molecule has 0 saturated carbocycles. The van der Waals surface area contributed by atoms with Gasteiger partial charge in [-0.15, -0.1) is 0 Å². The number of hydrogen-bond acceptors (Lipinski definition) is 3. The summed E-state index contributed by atoms with van der Waals surface area (Å²) >= 11 is 0. The molecule has 2 aromatic carbocycles. The van der Waals surface area contributed by atoms with Gasteiger partial charge in [-0.2, -0.15) is 0 Å². The number of hydrogen-bond donors (Lipinski definition) is 1. The zero-order valence-corrected chi connectivity index (χ0v) is 17.7. The van der Waals surface area contributed by atoms with Gasteiger partial charge >= 0.3 is 0 Å². The van der Waals surface area contributed by atoms with Crippen LogP contribution in [0.5, 0.6) is 0 Å². The van der Waals surface area contributed by atoms with Crippen LogP contribution in [0, 0.1) is 5.92 Å². The SMILES string of the molecule is NC(=O)C1=C(C(Cc2ccccc2)Cc2cccc(N3C(=O)CCC3=O)c2)CCCC1. The molecule has 160 valence electrons. The lowest BCUT2D eigenvalue weighted by molar-refractivity contribution is -0.121. The van der Waals surface area contributed by atoms with Crippen LogP contribution < -0.4 is 10.6 Å². The lowest BCUT2D eigenvalue weighted by atomic mass is 9.78. The van der Waals surface area contributed by atoms with Gasteiger partial charge in [0.1, 0.15) is 0 Å². The number of amides is 3. The van der Waals surface area contributed by atoms with Gasteiger partial charge in [0.05, 0.1) is 5.69 Å². The highest BCUT2D eigenvalue weighted by molar-refractivity contribution is 6.19. The van der Waals surface area contributed by atoms with Gasteiger partial charge in [0.15, 0.2) is 0 Å². The molecule has 2 aliphatic rings. The van der Waals surface area contributed by atoms with Crippen molar-refractivity contribution < 1.29 is 14.4 Å². The minimum Gasteiger partial charge on any atom is -0.366 e. The second-order valence-corrected chi connectivity index (χ2v) is 8.46. The number of rotatable bonds is 7. The Bertz CT molecular complexity index is 1010. The third kappa shape index (κ3) is 4.76. The van der Waals surface area contributed by atoms with Crippen molar-refractivity contribution in [2.45, 2.75) is 51.4 Å². The molecule has 31 heavy (non-hydrogen) atoms.